The van der Waals surface area contributed by atoms with Gasteiger partial charge < -0.3 is 0 Å². The summed E-state index contributed by atoms with van der Waals surface area (Å²) in [5, 5.41) is 0. The number of ketones is 1. The van der Waals surface area contributed by atoms with Crippen molar-refractivity contribution in [2.75, 3.05) is 13.1 Å². The maximum atomic E-state index is 11.6. The highest BCUT2D eigenvalue weighted by Crippen LogP contribution is 2.22. The first-order chi connectivity index (χ1) is 6.88. The second-order valence-electron chi connectivity index (χ2n) is 4.68. The van der Waals surface area contributed by atoms with Crippen LogP contribution in [0.5, 0.6) is 0 Å². The van der Waals surface area contributed by atoms with Gasteiger partial charge in [-0.2, -0.15) is 0 Å². The van der Waals surface area contributed by atoms with Crippen LogP contribution in [0.3, 0.4) is 0 Å². The zero-order valence-corrected chi connectivity index (χ0v) is 9.00. The number of carbonyl (C=O) groups excluding carboxylic acids is 1. The summed E-state index contributed by atoms with van der Waals surface area (Å²) < 4.78 is 0. The SMILES string of the molecule is O=C1CCCC1N1CCCCCCC1. The fourth-order valence-electron chi connectivity index (χ4n) is 2.77. The smallest absolute Gasteiger partial charge is 0.149 e. The monoisotopic (exact) mass is 195 g/mol. The summed E-state index contributed by atoms with van der Waals surface area (Å²) >= 11 is 0. The normalized spacial score (nSPS) is 31.4. The van der Waals surface area contributed by atoms with E-state index in [0.717, 1.165) is 32.4 Å². The summed E-state index contributed by atoms with van der Waals surface area (Å²) in [6.07, 6.45) is 9.79. The van der Waals surface area contributed by atoms with Gasteiger partial charge in [0.15, 0.2) is 0 Å². The van der Waals surface area contributed by atoms with Crippen LogP contribution in [0.1, 0.15) is 51.4 Å². The third kappa shape index (κ3) is 2.35. The molecule has 14 heavy (non-hydrogen) atoms. The number of nitrogens with zero attached hydrogens (tertiary/aromatic N) is 1. The van der Waals surface area contributed by atoms with Gasteiger partial charge in [0.25, 0.3) is 0 Å². The number of rotatable bonds is 1. The van der Waals surface area contributed by atoms with Crippen LogP contribution < -0.4 is 0 Å². The van der Waals surface area contributed by atoms with Crippen molar-refractivity contribution in [1.29, 1.82) is 0 Å². The third-order valence-electron chi connectivity index (χ3n) is 3.60. The molecule has 0 amide bonds. The molecule has 2 nitrogen and oxygen atoms in total. The molecule has 1 heterocycles. The lowest BCUT2D eigenvalue weighted by molar-refractivity contribution is -0.122. The van der Waals surface area contributed by atoms with Crippen LogP contribution in [0, 0.1) is 0 Å². The molecule has 2 heteroatoms. The Morgan fingerprint density at radius 3 is 2.14 bits per heavy atom. The number of likely N-dealkylation sites (tertiary alicyclic amines) is 1. The Hall–Kier alpha value is -0.370. The summed E-state index contributed by atoms with van der Waals surface area (Å²) in [6, 6.07) is 0.299. The van der Waals surface area contributed by atoms with Crippen LogP contribution in [0.2, 0.25) is 0 Å². The van der Waals surface area contributed by atoms with E-state index in [1.807, 2.05) is 0 Å². The minimum atomic E-state index is 0.299. The number of Topliss-reactive ketones (excluding diaryl/α,β-unsaturated/α-hetero) is 1. The molecule has 0 aromatic rings. The van der Waals surface area contributed by atoms with Crippen LogP contribution in [0.15, 0.2) is 0 Å². The Morgan fingerprint density at radius 1 is 0.929 bits per heavy atom. The maximum absolute atomic E-state index is 11.6. The van der Waals surface area contributed by atoms with Crippen molar-refractivity contribution in [2.24, 2.45) is 0 Å². The molecule has 0 bridgehead atoms. The first kappa shape index (κ1) is 10.2. The predicted octanol–water partition coefficient (Wildman–Crippen LogP) is 2.37. The summed E-state index contributed by atoms with van der Waals surface area (Å²) in [4.78, 5) is 14.1. The molecule has 2 aliphatic rings. The van der Waals surface area contributed by atoms with E-state index in [4.69, 9.17) is 0 Å². The van der Waals surface area contributed by atoms with Gasteiger partial charge in [0, 0.05) is 6.42 Å². The largest absolute Gasteiger partial charge is 0.298 e. The molecule has 80 valence electrons. The lowest BCUT2D eigenvalue weighted by atomic mass is 10.1. The molecule has 0 spiro atoms. The van der Waals surface area contributed by atoms with Gasteiger partial charge in [-0.25, -0.2) is 0 Å². The summed E-state index contributed by atoms with van der Waals surface area (Å²) in [5.41, 5.74) is 0. The first-order valence-corrected chi connectivity index (χ1v) is 6.15. The Labute approximate surface area is 86.7 Å². The molecular weight excluding hydrogens is 174 g/mol. The highest BCUT2D eigenvalue weighted by molar-refractivity contribution is 5.85. The summed E-state index contributed by atoms with van der Waals surface area (Å²) in [5.74, 6) is 0.505. The second kappa shape index (κ2) is 4.92. The van der Waals surface area contributed by atoms with Gasteiger partial charge in [-0.05, 0) is 38.8 Å². The second-order valence-corrected chi connectivity index (χ2v) is 4.68. The van der Waals surface area contributed by atoms with E-state index in [1.54, 1.807) is 0 Å². The zero-order chi connectivity index (χ0) is 9.80. The van der Waals surface area contributed by atoms with Crippen molar-refractivity contribution in [3.8, 4) is 0 Å². The number of carbonyl (C=O) groups is 1. The molecule has 1 aliphatic heterocycles. The van der Waals surface area contributed by atoms with Crippen molar-refractivity contribution in [3.05, 3.63) is 0 Å². The lowest BCUT2D eigenvalue weighted by Crippen LogP contribution is -2.40. The van der Waals surface area contributed by atoms with Gasteiger partial charge in [0.1, 0.15) is 5.78 Å². The average molecular weight is 195 g/mol. The molecular formula is C12H21NO. The van der Waals surface area contributed by atoms with Crippen molar-refractivity contribution in [2.45, 2.75) is 57.4 Å². The van der Waals surface area contributed by atoms with E-state index in [0.29, 0.717) is 11.8 Å². The van der Waals surface area contributed by atoms with Crippen molar-refractivity contribution < 1.29 is 4.79 Å². The zero-order valence-electron chi connectivity index (χ0n) is 9.00. The van der Waals surface area contributed by atoms with E-state index in [-0.39, 0.29) is 0 Å². The van der Waals surface area contributed by atoms with Crippen LogP contribution in [0.25, 0.3) is 0 Å². The van der Waals surface area contributed by atoms with E-state index in [2.05, 4.69) is 4.90 Å². The highest BCUT2D eigenvalue weighted by atomic mass is 16.1. The molecule has 1 saturated heterocycles. The molecule has 2 fully saturated rings. The highest BCUT2D eigenvalue weighted by Gasteiger charge is 2.29. The van der Waals surface area contributed by atoms with Gasteiger partial charge in [-0.3, -0.25) is 9.69 Å². The van der Waals surface area contributed by atoms with Crippen LogP contribution >= 0.6 is 0 Å². The van der Waals surface area contributed by atoms with Crippen LogP contribution in [-0.4, -0.2) is 29.8 Å². The summed E-state index contributed by atoms with van der Waals surface area (Å²) in [6.45, 7) is 2.33. The molecule has 0 N–H and O–H groups in total. The maximum Gasteiger partial charge on any atom is 0.149 e. The predicted molar refractivity (Wildman–Crippen MR) is 57.3 cm³/mol. The molecule has 0 radical (unpaired) electrons. The molecule has 1 saturated carbocycles. The minimum Gasteiger partial charge on any atom is -0.298 e. The standard InChI is InChI=1S/C12H21NO/c14-12-8-6-7-11(12)13-9-4-2-1-3-5-10-13/h11H,1-10H2. The fourth-order valence-corrected chi connectivity index (χ4v) is 2.77. The van der Waals surface area contributed by atoms with Gasteiger partial charge in [0.05, 0.1) is 6.04 Å². The molecule has 1 unspecified atom stereocenters. The quantitative estimate of drug-likeness (QED) is 0.640. The summed E-state index contributed by atoms with van der Waals surface area (Å²) in [7, 11) is 0. The van der Waals surface area contributed by atoms with Crippen molar-refractivity contribution >= 4 is 5.78 Å². The van der Waals surface area contributed by atoms with Gasteiger partial charge in [-0.15, -0.1) is 0 Å². The van der Waals surface area contributed by atoms with Gasteiger partial charge in [-0.1, -0.05) is 19.3 Å². The Balaban J connectivity index is 1.90. The van der Waals surface area contributed by atoms with Gasteiger partial charge >= 0.3 is 0 Å². The Morgan fingerprint density at radius 2 is 1.57 bits per heavy atom. The van der Waals surface area contributed by atoms with E-state index < -0.39 is 0 Å². The molecule has 1 aliphatic carbocycles. The third-order valence-corrected chi connectivity index (χ3v) is 3.60. The topological polar surface area (TPSA) is 20.3 Å². The van der Waals surface area contributed by atoms with Crippen molar-refractivity contribution in [3.63, 3.8) is 0 Å². The van der Waals surface area contributed by atoms with E-state index in [1.165, 1.54) is 32.1 Å². The first-order valence-electron chi connectivity index (χ1n) is 6.15. The molecule has 0 aromatic carbocycles. The number of hydrogen-bond donors (Lipinski definition) is 0. The van der Waals surface area contributed by atoms with Gasteiger partial charge in [0.2, 0.25) is 0 Å². The van der Waals surface area contributed by atoms with Crippen LogP contribution in [-0.2, 0) is 4.79 Å². The average Bonchev–Trinajstić information content (AvgIpc) is 2.51. The Bertz CT molecular complexity index is 194. The molecule has 0 aromatic heterocycles. The van der Waals surface area contributed by atoms with E-state index >= 15 is 0 Å². The van der Waals surface area contributed by atoms with E-state index in [9.17, 15) is 4.79 Å². The fraction of sp³-hybridized carbons (Fsp3) is 0.917. The van der Waals surface area contributed by atoms with Crippen LogP contribution in [0.4, 0.5) is 0 Å². The number of hydrogen-bond acceptors (Lipinski definition) is 2. The molecule has 1 atom stereocenters. The molecule has 2 rings (SSSR count). The van der Waals surface area contributed by atoms with Crippen molar-refractivity contribution in [1.82, 2.24) is 4.90 Å². The minimum absolute atomic E-state index is 0.299. The lowest BCUT2D eigenvalue weighted by Gasteiger charge is -2.29. The Kier molecular flexibility index (Phi) is 3.57.